The van der Waals surface area contributed by atoms with E-state index in [0.717, 1.165) is 6.20 Å². The molecule has 1 saturated heterocycles. The quantitative estimate of drug-likeness (QED) is 0.766. The molecule has 3 rings (SSSR count). The lowest BCUT2D eigenvalue weighted by Gasteiger charge is -2.37. The summed E-state index contributed by atoms with van der Waals surface area (Å²) < 4.78 is 45.9. The molecular formula is C15H21F3N6O. The van der Waals surface area contributed by atoms with E-state index < -0.39 is 17.4 Å². The van der Waals surface area contributed by atoms with Crippen LogP contribution in [-0.4, -0.2) is 40.8 Å². The summed E-state index contributed by atoms with van der Waals surface area (Å²) in [4.78, 5) is 3.94. The molecule has 0 radical (unpaired) electrons. The average molecular weight is 358 g/mol. The van der Waals surface area contributed by atoms with Crippen LogP contribution in [0.3, 0.4) is 0 Å². The number of ether oxygens (including phenoxy) is 1. The Morgan fingerprint density at radius 3 is 2.60 bits per heavy atom. The lowest BCUT2D eigenvalue weighted by atomic mass is 9.89. The molecule has 7 nitrogen and oxygen atoms in total. The molecule has 3 heterocycles. The molecule has 2 aliphatic heterocycles. The second-order valence-electron chi connectivity index (χ2n) is 7.06. The third-order valence-electron chi connectivity index (χ3n) is 4.19. The molecule has 0 amide bonds. The van der Waals surface area contributed by atoms with E-state index in [9.17, 15) is 13.2 Å². The molecule has 1 unspecified atom stereocenters. The summed E-state index contributed by atoms with van der Waals surface area (Å²) in [7, 11) is 0. The minimum absolute atomic E-state index is 0.0521. The van der Waals surface area contributed by atoms with Gasteiger partial charge in [0.15, 0.2) is 0 Å². The number of nitrogens with zero attached hydrogens (tertiary/aromatic N) is 3. The Morgan fingerprint density at radius 1 is 1.40 bits per heavy atom. The first-order valence-electron chi connectivity index (χ1n) is 7.80. The van der Waals surface area contributed by atoms with Crippen molar-refractivity contribution in [2.45, 2.75) is 39.2 Å². The average Bonchev–Trinajstić information content (AvgIpc) is 2.74. The molecule has 1 aromatic rings. The summed E-state index contributed by atoms with van der Waals surface area (Å²) in [5, 5.41) is 9.88. The van der Waals surface area contributed by atoms with E-state index in [1.165, 1.54) is 6.92 Å². The number of aromatic nitrogens is 2. The molecule has 0 spiro atoms. The number of nitrogens with one attached hydrogen (secondary N) is 2. The lowest BCUT2D eigenvalue weighted by molar-refractivity contribution is -0.111. The van der Waals surface area contributed by atoms with Crippen molar-refractivity contribution < 1.29 is 17.9 Å². The van der Waals surface area contributed by atoms with Gasteiger partial charge in [0.2, 0.25) is 5.96 Å². The van der Waals surface area contributed by atoms with Gasteiger partial charge in [-0.2, -0.15) is 18.3 Å². The SMILES string of the molecule is Cc1nn(CC2(C)COC2)cc1NC1=NC(C)(N)C(C(F)(F)F)=CN1. The van der Waals surface area contributed by atoms with E-state index in [1.54, 1.807) is 17.8 Å². The van der Waals surface area contributed by atoms with E-state index >= 15 is 0 Å². The fourth-order valence-electron chi connectivity index (χ4n) is 2.83. The summed E-state index contributed by atoms with van der Waals surface area (Å²) >= 11 is 0. The van der Waals surface area contributed by atoms with Gasteiger partial charge in [0.05, 0.1) is 36.7 Å². The van der Waals surface area contributed by atoms with Crippen LogP contribution >= 0.6 is 0 Å². The van der Waals surface area contributed by atoms with Crippen LogP contribution in [0.1, 0.15) is 19.5 Å². The monoisotopic (exact) mass is 358 g/mol. The van der Waals surface area contributed by atoms with Crippen molar-refractivity contribution in [1.82, 2.24) is 15.1 Å². The van der Waals surface area contributed by atoms with Crippen molar-refractivity contribution in [2.24, 2.45) is 16.1 Å². The van der Waals surface area contributed by atoms with Gasteiger partial charge in [-0.3, -0.25) is 4.68 Å². The number of anilines is 1. The topological polar surface area (TPSA) is 89.5 Å². The molecule has 1 aromatic heterocycles. The highest BCUT2D eigenvalue weighted by atomic mass is 19.4. The van der Waals surface area contributed by atoms with Crippen molar-refractivity contribution in [1.29, 1.82) is 0 Å². The number of nitrogens with two attached hydrogens (primary N) is 1. The van der Waals surface area contributed by atoms with E-state index in [-0.39, 0.29) is 11.4 Å². The Bertz CT molecular complexity index is 730. The van der Waals surface area contributed by atoms with Gasteiger partial charge < -0.3 is 21.1 Å². The molecule has 10 heteroatoms. The van der Waals surface area contributed by atoms with Crippen molar-refractivity contribution in [2.75, 3.05) is 18.5 Å². The predicted molar refractivity (Wildman–Crippen MR) is 86.8 cm³/mol. The Kier molecular flexibility index (Phi) is 4.07. The first kappa shape index (κ1) is 17.7. The minimum Gasteiger partial charge on any atom is -0.380 e. The highest BCUT2D eigenvalue weighted by Crippen LogP contribution is 2.34. The molecule has 138 valence electrons. The number of rotatable bonds is 3. The summed E-state index contributed by atoms with van der Waals surface area (Å²) in [6, 6.07) is 0. The minimum atomic E-state index is -4.55. The molecular weight excluding hydrogens is 337 g/mol. The van der Waals surface area contributed by atoms with Crippen LogP contribution in [0.15, 0.2) is 23.0 Å². The Morgan fingerprint density at radius 2 is 2.08 bits per heavy atom. The number of guanidine groups is 1. The number of hydrogen-bond donors (Lipinski definition) is 3. The summed E-state index contributed by atoms with van der Waals surface area (Å²) in [5.41, 5.74) is 4.32. The highest BCUT2D eigenvalue weighted by molar-refractivity contribution is 5.95. The fourth-order valence-corrected chi connectivity index (χ4v) is 2.83. The molecule has 1 fully saturated rings. The first-order valence-corrected chi connectivity index (χ1v) is 7.80. The zero-order chi connectivity index (χ0) is 18.5. The van der Waals surface area contributed by atoms with Gasteiger partial charge in [-0.15, -0.1) is 0 Å². The summed E-state index contributed by atoms with van der Waals surface area (Å²) in [6.07, 6.45) is -1.92. The fraction of sp³-hybridized carbons (Fsp3) is 0.600. The van der Waals surface area contributed by atoms with E-state index in [2.05, 4.69) is 27.6 Å². The normalized spacial score (nSPS) is 25.6. The number of aliphatic imine (C=N–C) groups is 1. The van der Waals surface area contributed by atoms with Crippen LogP contribution in [0.4, 0.5) is 18.9 Å². The second kappa shape index (κ2) is 5.73. The van der Waals surface area contributed by atoms with Gasteiger partial charge in [0, 0.05) is 17.8 Å². The van der Waals surface area contributed by atoms with Crippen LogP contribution in [-0.2, 0) is 11.3 Å². The van der Waals surface area contributed by atoms with Gasteiger partial charge in [0.1, 0.15) is 5.66 Å². The Balaban J connectivity index is 1.73. The number of aryl methyl sites for hydroxylation is 1. The summed E-state index contributed by atoms with van der Waals surface area (Å²) in [6.45, 7) is 7.18. The maximum Gasteiger partial charge on any atom is 0.417 e. The van der Waals surface area contributed by atoms with Crippen LogP contribution in [0.2, 0.25) is 0 Å². The van der Waals surface area contributed by atoms with Crippen molar-refractivity contribution in [3.8, 4) is 0 Å². The number of hydrogen-bond acceptors (Lipinski definition) is 6. The van der Waals surface area contributed by atoms with Gasteiger partial charge in [-0.25, -0.2) is 4.99 Å². The molecule has 1 atom stereocenters. The van der Waals surface area contributed by atoms with Crippen LogP contribution in [0, 0.1) is 12.3 Å². The zero-order valence-corrected chi connectivity index (χ0v) is 14.2. The van der Waals surface area contributed by atoms with E-state index in [0.29, 0.717) is 31.1 Å². The highest BCUT2D eigenvalue weighted by Gasteiger charge is 2.45. The van der Waals surface area contributed by atoms with Crippen molar-refractivity contribution in [3.63, 3.8) is 0 Å². The van der Waals surface area contributed by atoms with Gasteiger partial charge in [0.25, 0.3) is 0 Å². The van der Waals surface area contributed by atoms with Crippen LogP contribution < -0.4 is 16.4 Å². The molecule has 25 heavy (non-hydrogen) atoms. The maximum atomic E-state index is 13.0. The zero-order valence-electron chi connectivity index (χ0n) is 14.2. The smallest absolute Gasteiger partial charge is 0.380 e. The van der Waals surface area contributed by atoms with Crippen molar-refractivity contribution >= 4 is 11.6 Å². The first-order chi connectivity index (χ1) is 11.5. The third kappa shape index (κ3) is 3.64. The number of halogens is 3. The molecule has 0 aliphatic carbocycles. The van der Waals surface area contributed by atoms with Crippen LogP contribution in [0.25, 0.3) is 0 Å². The van der Waals surface area contributed by atoms with E-state index in [1.807, 2.05) is 0 Å². The second-order valence-corrected chi connectivity index (χ2v) is 7.06. The van der Waals surface area contributed by atoms with E-state index in [4.69, 9.17) is 10.5 Å². The van der Waals surface area contributed by atoms with Gasteiger partial charge in [-0.1, -0.05) is 6.92 Å². The summed E-state index contributed by atoms with van der Waals surface area (Å²) in [5.74, 6) is 0.138. The molecule has 2 aliphatic rings. The molecule has 0 bridgehead atoms. The third-order valence-corrected chi connectivity index (χ3v) is 4.19. The molecule has 0 aromatic carbocycles. The van der Waals surface area contributed by atoms with Crippen molar-refractivity contribution in [3.05, 3.63) is 23.7 Å². The Labute approximate surface area is 143 Å². The lowest BCUT2D eigenvalue weighted by Crippen LogP contribution is -2.49. The predicted octanol–water partition coefficient (Wildman–Crippen LogP) is 1.72. The van der Waals surface area contributed by atoms with Crippen LogP contribution in [0.5, 0.6) is 0 Å². The molecule has 0 saturated carbocycles. The number of alkyl halides is 3. The maximum absolute atomic E-state index is 13.0. The van der Waals surface area contributed by atoms with Gasteiger partial charge in [-0.05, 0) is 13.8 Å². The van der Waals surface area contributed by atoms with Gasteiger partial charge >= 0.3 is 6.18 Å². The molecule has 4 N–H and O–H groups in total. The largest absolute Gasteiger partial charge is 0.417 e. The standard InChI is InChI=1S/C15H21F3N6O/c1-9-10(5-24(23-9)6-13(2)7-25-8-13)21-12-20-4-11(15(16,17)18)14(3,19)22-12/h4-5H,6-8,19H2,1-3H3,(H2,20,21,22). The Hall–Kier alpha value is -2.07.